The van der Waals surface area contributed by atoms with Gasteiger partial charge in [0.2, 0.25) is 0 Å². The maximum absolute atomic E-state index is 12.5. The smallest absolute Gasteiger partial charge is 0.105 e. The van der Waals surface area contributed by atoms with Crippen LogP contribution in [0.4, 0.5) is 11.4 Å². The quantitative estimate of drug-likeness (QED) is 0.653. The Morgan fingerprint density at radius 1 is 0.882 bits per heavy atom. The van der Waals surface area contributed by atoms with Gasteiger partial charge in [-0.3, -0.25) is 0 Å². The summed E-state index contributed by atoms with van der Waals surface area (Å²) in [6.45, 7) is 0. The molecule has 2 aromatic rings. The van der Waals surface area contributed by atoms with Gasteiger partial charge in [0.1, 0.15) is 9.73 Å². The van der Waals surface area contributed by atoms with Crippen molar-refractivity contribution in [3.05, 3.63) is 48.5 Å². The lowest BCUT2D eigenvalue weighted by atomic mass is 10.2. The summed E-state index contributed by atoms with van der Waals surface area (Å²) < 4.78 is 20.6. The molecule has 0 unspecified atom stereocenters. The molecule has 0 aliphatic carbocycles. The van der Waals surface area contributed by atoms with Gasteiger partial charge in [-0.15, -0.1) is 12.4 Å². The molecule has 0 aromatic heterocycles. The van der Waals surface area contributed by atoms with Crippen molar-refractivity contribution in [1.29, 1.82) is 4.78 Å². The fourth-order valence-corrected chi connectivity index (χ4v) is 3.54. The van der Waals surface area contributed by atoms with E-state index in [9.17, 15) is 4.21 Å². The van der Waals surface area contributed by atoms with Gasteiger partial charge in [-0.1, -0.05) is 24.3 Å². The predicted octanol–water partition coefficient (Wildman–Crippen LogP) is 3.63. The van der Waals surface area contributed by atoms with Crippen LogP contribution in [0.5, 0.6) is 0 Å². The second kappa shape index (κ2) is 4.05. The lowest BCUT2D eigenvalue weighted by Crippen LogP contribution is -2.11. The lowest BCUT2D eigenvalue weighted by molar-refractivity contribution is 0.674. The minimum Gasteiger partial charge on any atom is -0.353 e. The summed E-state index contributed by atoms with van der Waals surface area (Å²) in [4.78, 5) is 1.13. The van der Waals surface area contributed by atoms with Gasteiger partial charge in [0.25, 0.3) is 0 Å². The van der Waals surface area contributed by atoms with E-state index in [1.165, 1.54) is 0 Å². The van der Waals surface area contributed by atoms with Crippen molar-refractivity contribution in [3.8, 4) is 0 Å². The van der Waals surface area contributed by atoms with Crippen LogP contribution in [0.1, 0.15) is 0 Å². The zero-order valence-corrected chi connectivity index (χ0v) is 10.5. The highest BCUT2D eigenvalue weighted by molar-refractivity contribution is 7.93. The number of halogens is 1. The Hall–Kier alpha value is -1.52. The second-order valence-electron chi connectivity index (χ2n) is 3.67. The molecule has 0 fully saturated rings. The molecule has 17 heavy (non-hydrogen) atoms. The molecular weight excluding hydrogens is 256 g/mol. The van der Waals surface area contributed by atoms with Crippen LogP contribution in [0.25, 0.3) is 0 Å². The maximum Gasteiger partial charge on any atom is 0.105 e. The van der Waals surface area contributed by atoms with E-state index in [2.05, 4.69) is 5.32 Å². The Morgan fingerprint density at radius 3 is 1.76 bits per heavy atom. The van der Waals surface area contributed by atoms with Gasteiger partial charge in [0.05, 0.1) is 21.2 Å². The number of hydrogen-bond acceptors (Lipinski definition) is 3. The largest absolute Gasteiger partial charge is 0.353 e. The van der Waals surface area contributed by atoms with Crippen LogP contribution in [0, 0.1) is 4.78 Å². The van der Waals surface area contributed by atoms with E-state index < -0.39 is 9.73 Å². The first-order valence-electron chi connectivity index (χ1n) is 4.93. The van der Waals surface area contributed by atoms with Gasteiger partial charge in [-0.2, -0.15) is 0 Å². The molecule has 1 heterocycles. The summed E-state index contributed by atoms with van der Waals surface area (Å²) >= 11 is 0. The molecule has 1 aliphatic rings. The van der Waals surface area contributed by atoms with Crippen molar-refractivity contribution < 1.29 is 4.21 Å². The number of nitrogens with one attached hydrogen (secondary N) is 2. The van der Waals surface area contributed by atoms with Crippen LogP contribution in [-0.4, -0.2) is 4.21 Å². The van der Waals surface area contributed by atoms with Crippen molar-refractivity contribution in [1.82, 2.24) is 0 Å². The molecular formula is C12H11ClN2OS. The van der Waals surface area contributed by atoms with Gasteiger partial charge in [0.15, 0.2) is 0 Å². The third-order valence-electron chi connectivity index (χ3n) is 2.66. The monoisotopic (exact) mass is 266 g/mol. The number of para-hydroxylation sites is 2. The number of benzene rings is 2. The van der Waals surface area contributed by atoms with Gasteiger partial charge in [0, 0.05) is 0 Å². The van der Waals surface area contributed by atoms with E-state index in [-0.39, 0.29) is 12.4 Å². The summed E-state index contributed by atoms with van der Waals surface area (Å²) in [7, 11) is -2.86. The Balaban J connectivity index is 0.00000108. The number of fused-ring (bicyclic) bond motifs is 2. The first-order valence-corrected chi connectivity index (χ1v) is 6.49. The highest BCUT2D eigenvalue weighted by Crippen LogP contribution is 2.39. The molecule has 5 heteroatoms. The number of anilines is 2. The van der Waals surface area contributed by atoms with Crippen LogP contribution >= 0.6 is 12.4 Å². The average molecular weight is 267 g/mol. The summed E-state index contributed by atoms with van der Waals surface area (Å²) in [5, 5.41) is 3.20. The highest BCUT2D eigenvalue weighted by atomic mass is 35.5. The van der Waals surface area contributed by atoms with E-state index in [0.717, 1.165) is 11.4 Å². The van der Waals surface area contributed by atoms with Gasteiger partial charge >= 0.3 is 0 Å². The van der Waals surface area contributed by atoms with Crippen molar-refractivity contribution in [2.24, 2.45) is 0 Å². The molecule has 88 valence electrons. The van der Waals surface area contributed by atoms with E-state index >= 15 is 0 Å². The minimum absolute atomic E-state index is 0. The fourth-order valence-electron chi connectivity index (χ4n) is 1.90. The van der Waals surface area contributed by atoms with Crippen LogP contribution < -0.4 is 5.32 Å². The topological polar surface area (TPSA) is 53.0 Å². The predicted molar refractivity (Wildman–Crippen MR) is 70.8 cm³/mol. The maximum atomic E-state index is 12.5. The number of hydrogen-bond donors (Lipinski definition) is 2. The lowest BCUT2D eigenvalue weighted by Gasteiger charge is -2.22. The molecule has 3 rings (SSSR count). The normalized spacial score (nSPS) is 14.8. The molecule has 0 radical (unpaired) electrons. The molecule has 0 spiro atoms. The van der Waals surface area contributed by atoms with Crippen molar-refractivity contribution >= 4 is 33.5 Å². The Morgan fingerprint density at radius 2 is 1.29 bits per heavy atom. The molecule has 2 aromatic carbocycles. The Labute approximate surface area is 106 Å². The van der Waals surface area contributed by atoms with Crippen LogP contribution in [0.3, 0.4) is 0 Å². The average Bonchev–Trinajstić information content (AvgIpc) is 2.29. The van der Waals surface area contributed by atoms with Gasteiger partial charge in [-0.25, -0.2) is 8.99 Å². The standard InChI is InChI=1S/C12H10N2OS.ClH/c13-16(15)11-7-3-1-5-9(11)14-10-6-2-4-8-12(10)16;/h1-8,13-14H;1H. The SMILES string of the molecule is Cl.N=S1(=O)c2ccccc2Nc2ccccc21. The molecule has 0 atom stereocenters. The molecule has 2 N–H and O–H groups in total. The minimum atomic E-state index is -2.86. The van der Waals surface area contributed by atoms with Crippen molar-refractivity contribution in [3.63, 3.8) is 0 Å². The molecule has 0 amide bonds. The Bertz CT molecular complexity index is 616. The first-order chi connectivity index (χ1) is 7.69. The summed E-state index contributed by atoms with van der Waals surface area (Å²) in [5.41, 5.74) is 1.53. The van der Waals surface area contributed by atoms with Crippen LogP contribution in [0.2, 0.25) is 0 Å². The summed E-state index contributed by atoms with van der Waals surface area (Å²) in [6, 6.07) is 14.5. The zero-order chi connectivity index (χ0) is 11.2. The third-order valence-corrected chi connectivity index (χ3v) is 4.61. The van der Waals surface area contributed by atoms with E-state index in [1.54, 1.807) is 12.1 Å². The third kappa shape index (κ3) is 1.69. The van der Waals surface area contributed by atoms with Crippen LogP contribution in [0.15, 0.2) is 58.3 Å². The highest BCUT2D eigenvalue weighted by Gasteiger charge is 2.24. The van der Waals surface area contributed by atoms with Gasteiger partial charge in [-0.05, 0) is 24.3 Å². The molecule has 0 bridgehead atoms. The van der Waals surface area contributed by atoms with Crippen LogP contribution in [-0.2, 0) is 9.73 Å². The Kier molecular flexibility index (Phi) is 2.85. The van der Waals surface area contributed by atoms with E-state index in [1.807, 2.05) is 36.4 Å². The van der Waals surface area contributed by atoms with E-state index in [0.29, 0.717) is 9.79 Å². The summed E-state index contributed by atoms with van der Waals surface area (Å²) in [6.07, 6.45) is 0. The second-order valence-corrected chi connectivity index (χ2v) is 5.67. The first kappa shape index (κ1) is 12.0. The molecule has 1 aliphatic heterocycles. The van der Waals surface area contributed by atoms with Gasteiger partial charge < -0.3 is 5.32 Å². The van der Waals surface area contributed by atoms with E-state index in [4.69, 9.17) is 4.78 Å². The summed E-state index contributed by atoms with van der Waals surface area (Å²) in [5.74, 6) is 0. The molecule has 0 saturated carbocycles. The fraction of sp³-hybridized carbons (Fsp3) is 0. The number of rotatable bonds is 0. The zero-order valence-electron chi connectivity index (χ0n) is 8.84. The van der Waals surface area contributed by atoms with Crippen molar-refractivity contribution in [2.45, 2.75) is 9.79 Å². The molecule has 0 saturated heterocycles. The van der Waals surface area contributed by atoms with Crippen molar-refractivity contribution in [2.75, 3.05) is 5.32 Å². The molecule has 3 nitrogen and oxygen atoms in total.